The Labute approximate surface area is 122 Å². The van der Waals surface area contributed by atoms with Gasteiger partial charge in [0.25, 0.3) is 5.69 Å². The van der Waals surface area contributed by atoms with Crippen LogP contribution >= 0.6 is 0 Å². The minimum atomic E-state index is -0.395. The summed E-state index contributed by atoms with van der Waals surface area (Å²) in [4.78, 5) is 10.6. The predicted molar refractivity (Wildman–Crippen MR) is 81.6 cm³/mol. The van der Waals surface area contributed by atoms with Gasteiger partial charge in [0.1, 0.15) is 0 Å². The molecule has 0 saturated carbocycles. The van der Waals surface area contributed by atoms with Crippen LogP contribution in [0.3, 0.4) is 0 Å². The Bertz CT molecular complexity index is 680. The second-order valence-electron chi connectivity index (χ2n) is 4.26. The van der Waals surface area contributed by atoms with Crippen molar-refractivity contribution < 1.29 is 14.4 Å². The lowest BCUT2D eigenvalue weighted by Gasteiger charge is -2.07. The molecular formula is C16H15NO4. The lowest BCUT2D eigenvalue weighted by molar-refractivity contribution is -0.385. The van der Waals surface area contributed by atoms with Crippen LogP contribution in [0.2, 0.25) is 0 Å². The molecule has 0 unspecified atom stereocenters. The molecule has 0 spiro atoms. The summed E-state index contributed by atoms with van der Waals surface area (Å²) in [6.07, 6.45) is 3.50. The van der Waals surface area contributed by atoms with Crippen LogP contribution in [0.4, 0.5) is 5.69 Å². The standard InChI is InChI=1S/C16H15NO4/c1-20-15-10-8-12(11-16(15)21-2)7-9-13-5-3-4-6-14(13)17(18)19/h3-11H,1-2H3/b9-7+. The smallest absolute Gasteiger partial charge is 0.276 e. The molecule has 0 atom stereocenters. The first kappa shape index (κ1) is 14.6. The maximum Gasteiger partial charge on any atom is 0.276 e. The van der Waals surface area contributed by atoms with Gasteiger partial charge < -0.3 is 9.47 Å². The quantitative estimate of drug-likeness (QED) is 0.476. The van der Waals surface area contributed by atoms with Gasteiger partial charge in [-0.3, -0.25) is 10.1 Å². The molecule has 0 N–H and O–H groups in total. The van der Waals surface area contributed by atoms with Gasteiger partial charge in [-0.1, -0.05) is 24.3 Å². The summed E-state index contributed by atoms with van der Waals surface area (Å²) in [6.45, 7) is 0. The summed E-state index contributed by atoms with van der Waals surface area (Å²) in [7, 11) is 3.13. The number of hydrogen-bond acceptors (Lipinski definition) is 4. The third kappa shape index (κ3) is 3.39. The Balaban J connectivity index is 2.32. The molecule has 21 heavy (non-hydrogen) atoms. The van der Waals surface area contributed by atoms with Crippen LogP contribution in [0.5, 0.6) is 11.5 Å². The fourth-order valence-electron chi connectivity index (χ4n) is 1.94. The van der Waals surface area contributed by atoms with E-state index in [4.69, 9.17) is 9.47 Å². The Morgan fingerprint density at radius 3 is 2.38 bits per heavy atom. The first-order valence-electron chi connectivity index (χ1n) is 6.29. The van der Waals surface area contributed by atoms with Crippen LogP contribution < -0.4 is 9.47 Å². The zero-order valence-corrected chi connectivity index (χ0v) is 11.8. The number of benzene rings is 2. The molecule has 2 rings (SSSR count). The molecule has 0 aliphatic carbocycles. The van der Waals surface area contributed by atoms with Crippen LogP contribution in [0, 0.1) is 10.1 Å². The fourth-order valence-corrected chi connectivity index (χ4v) is 1.94. The van der Waals surface area contributed by atoms with Gasteiger partial charge in [0, 0.05) is 6.07 Å². The summed E-state index contributed by atoms with van der Waals surface area (Å²) in [5, 5.41) is 11.0. The Morgan fingerprint density at radius 2 is 1.71 bits per heavy atom. The molecule has 0 aliphatic rings. The Morgan fingerprint density at radius 1 is 1.00 bits per heavy atom. The van der Waals surface area contributed by atoms with Gasteiger partial charge in [0.05, 0.1) is 24.7 Å². The highest BCUT2D eigenvalue weighted by atomic mass is 16.6. The molecule has 108 valence electrons. The van der Waals surface area contributed by atoms with Crippen molar-refractivity contribution in [1.82, 2.24) is 0 Å². The highest BCUT2D eigenvalue weighted by Crippen LogP contribution is 2.28. The number of nitro benzene ring substituents is 1. The summed E-state index contributed by atoms with van der Waals surface area (Å²) >= 11 is 0. The van der Waals surface area contributed by atoms with Crippen LogP contribution in [0.1, 0.15) is 11.1 Å². The molecule has 0 radical (unpaired) electrons. The van der Waals surface area contributed by atoms with Crippen LogP contribution in [0.25, 0.3) is 12.2 Å². The van der Waals surface area contributed by atoms with Crippen LogP contribution in [-0.2, 0) is 0 Å². The number of methoxy groups -OCH3 is 2. The van der Waals surface area contributed by atoms with Gasteiger partial charge >= 0.3 is 0 Å². The van der Waals surface area contributed by atoms with E-state index in [9.17, 15) is 10.1 Å². The Kier molecular flexibility index (Phi) is 4.56. The molecule has 0 aliphatic heterocycles. The monoisotopic (exact) mass is 285 g/mol. The van der Waals surface area contributed by atoms with Gasteiger partial charge in [0.2, 0.25) is 0 Å². The van der Waals surface area contributed by atoms with E-state index in [1.165, 1.54) is 6.07 Å². The number of para-hydroxylation sites is 1. The molecule has 0 fully saturated rings. The molecule has 2 aromatic rings. The largest absolute Gasteiger partial charge is 0.493 e. The number of nitro groups is 1. The van der Waals surface area contributed by atoms with Gasteiger partial charge in [-0.2, -0.15) is 0 Å². The van der Waals surface area contributed by atoms with Gasteiger partial charge in [0.15, 0.2) is 11.5 Å². The van der Waals surface area contributed by atoms with Crippen molar-refractivity contribution >= 4 is 17.8 Å². The Hall–Kier alpha value is -2.82. The van der Waals surface area contributed by atoms with E-state index in [0.717, 1.165) is 5.56 Å². The molecule has 0 heterocycles. The lowest BCUT2D eigenvalue weighted by Crippen LogP contribution is -1.91. The van der Waals surface area contributed by atoms with Crippen molar-refractivity contribution in [2.45, 2.75) is 0 Å². The second kappa shape index (κ2) is 6.56. The van der Waals surface area contributed by atoms with Crippen molar-refractivity contribution in [3.05, 3.63) is 63.7 Å². The molecular weight excluding hydrogens is 270 g/mol. The average molecular weight is 285 g/mol. The highest BCUT2D eigenvalue weighted by Gasteiger charge is 2.09. The first-order chi connectivity index (χ1) is 10.2. The van der Waals surface area contributed by atoms with E-state index in [0.29, 0.717) is 17.1 Å². The number of ether oxygens (including phenoxy) is 2. The van der Waals surface area contributed by atoms with Crippen molar-refractivity contribution in [2.24, 2.45) is 0 Å². The van der Waals surface area contributed by atoms with E-state index in [1.807, 2.05) is 12.1 Å². The fraction of sp³-hybridized carbons (Fsp3) is 0.125. The highest BCUT2D eigenvalue weighted by molar-refractivity contribution is 5.74. The summed E-state index contributed by atoms with van der Waals surface area (Å²) in [5.41, 5.74) is 1.50. The van der Waals surface area contributed by atoms with E-state index in [-0.39, 0.29) is 5.69 Å². The van der Waals surface area contributed by atoms with Crippen molar-refractivity contribution in [3.8, 4) is 11.5 Å². The maximum atomic E-state index is 11.0. The minimum absolute atomic E-state index is 0.0780. The number of hydrogen-bond donors (Lipinski definition) is 0. The summed E-state index contributed by atoms with van der Waals surface area (Å²) in [5.74, 6) is 1.25. The van der Waals surface area contributed by atoms with Crippen LogP contribution in [-0.4, -0.2) is 19.1 Å². The lowest BCUT2D eigenvalue weighted by atomic mass is 10.1. The molecule has 0 amide bonds. The third-order valence-corrected chi connectivity index (χ3v) is 3.00. The molecule has 0 saturated heterocycles. The predicted octanol–water partition coefficient (Wildman–Crippen LogP) is 3.78. The second-order valence-corrected chi connectivity index (χ2v) is 4.26. The molecule has 5 heteroatoms. The minimum Gasteiger partial charge on any atom is -0.493 e. The van der Waals surface area contributed by atoms with Crippen molar-refractivity contribution in [1.29, 1.82) is 0 Å². The zero-order chi connectivity index (χ0) is 15.2. The number of nitrogens with zero attached hydrogens (tertiary/aromatic N) is 1. The molecule has 0 aromatic heterocycles. The SMILES string of the molecule is COc1ccc(/C=C/c2ccccc2[N+](=O)[O-])cc1OC. The molecule has 0 bridgehead atoms. The molecule has 2 aromatic carbocycles. The maximum absolute atomic E-state index is 11.0. The zero-order valence-electron chi connectivity index (χ0n) is 11.8. The summed E-state index contributed by atoms with van der Waals surface area (Å²) < 4.78 is 10.4. The van der Waals surface area contributed by atoms with Gasteiger partial charge in [-0.25, -0.2) is 0 Å². The van der Waals surface area contributed by atoms with E-state index < -0.39 is 4.92 Å². The average Bonchev–Trinajstić information content (AvgIpc) is 2.52. The first-order valence-corrected chi connectivity index (χ1v) is 6.29. The normalized spacial score (nSPS) is 10.6. The molecule has 5 nitrogen and oxygen atoms in total. The van der Waals surface area contributed by atoms with Gasteiger partial charge in [-0.15, -0.1) is 0 Å². The van der Waals surface area contributed by atoms with Crippen LogP contribution in [0.15, 0.2) is 42.5 Å². The van der Waals surface area contributed by atoms with Crippen molar-refractivity contribution in [2.75, 3.05) is 14.2 Å². The number of rotatable bonds is 5. The van der Waals surface area contributed by atoms with E-state index in [1.54, 1.807) is 50.6 Å². The topological polar surface area (TPSA) is 61.6 Å². The summed E-state index contributed by atoms with van der Waals surface area (Å²) in [6, 6.07) is 12.0. The van der Waals surface area contributed by atoms with E-state index >= 15 is 0 Å². The van der Waals surface area contributed by atoms with Crippen molar-refractivity contribution in [3.63, 3.8) is 0 Å². The van der Waals surface area contributed by atoms with Gasteiger partial charge in [-0.05, 0) is 29.8 Å². The van der Waals surface area contributed by atoms with E-state index in [2.05, 4.69) is 0 Å². The third-order valence-electron chi connectivity index (χ3n) is 3.00.